The molecule has 116 valence electrons. The van der Waals surface area contributed by atoms with Crippen LogP contribution in [0, 0.1) is 6.92 Å². The van der Waals surface area contributed by atoms with E-state index in [1.165, 1.54) is 0 Å². The number of ether oxygens (including phenoxy) is 1. The van der Waals surface area contributed by atoms with Crippen molar-refractivity contribution < 1.29 is 14.1 Å². The number of carbonyl (C=O) groups is 1. The zero-order chi connectivity index (χ0) is 15.8. The number of aromatic nitrogens is 2. The SMILES string of the molecule is Cc1cc(COC(=O)c2cc(C3CC3)nc3ccccc23)no1. The van der Waals surface area contributed by atoms with Crippen molar-refractivity contribution in [2.45, 2.75) is 32.3 Å². The number of hydrogen-bond acceptors (Lipinski definition) is 5. The summed E-state index contributed by atoms with van der Waals surface area (Å²) in [4.78, 5) is 17.2. The standard InChI is InChI=1S/C18H16N2O3/c1-11-8-13(20-23-11)10-22-18(21)15-9-17(12-6-7-12)19-16-5-3-2-4-14(15)16/h2-5,8-9,12H,6-7,10H2,1H3. The Labute approximate surface area is 133 Å². The van der Waals surface area contributed by atoms with Crippen molar-refractivity contribution in [2.75, 3.05) is 0 Å². The van der Waals surface area contributed by atoms with E-state index in [2.05, 4.69) is 10.1 Å². The first-order chi connectivity index (χ1) is 11.2. The lowest BCUT2D eigenvalue weighted by molar-refractivity contribution is 0.0466. The minimum absolute atomic E-state index is 0.103. The fourth-order valence-electron chi connectivity index (χ4n) is 2.66. The molecule has 0 N–H and O–H groups in total. The van der Waals surface area contributed by atoms with Gasteiger partial charge >= 0.3 is 5.97 Å². The fourth-order valence-corrected chi connectivity index (χ4v) is 2.66. The molecule has 5 nitrogen and oxygen atoms in total. The molecule has 5 heteroatoms. The van der Waals surface area contributed by atoms with Gasteiger partial charge in [0.15, 0.2) is 0 Å². The zero-order valence-electron chi connectivity index (χ0n) is 12.8. The third-order valence-electron chi connectivity index (χ3n) is 3.98. The van der Waals surface area contributed by atoms with Crippen LogP contribution in [0.2, 0.25) is 0 Å². The van der Waals surface area contributed by atoms with Crippen molar-refractivity contribution in [3.05, 3.63) is 59.1 Å². The van der Waals surface area contributed by atoms with Crippen LogP contribution >= 0.6 is 0 Å². The van der Waals surface area contributed by atoms with Crippen LogP contribution in [0.1, 0.15) is 46.3 Å². The van der Waals surface area contributed by atoms with Gasteiger partial charge in [0.2, 0.25) is 0 Å². The number of aryl methyl sites for hydroxylation is 1. The molecule has 2 aromatic heterocycles. The summed E-state index contributed by atoms with van der Waals surface area (Å²) in [6.45, 7) is 1.90. The normalized spacial score (nSPS) is 14.1. The predicted octanol–water partition coefficient (Wildman–Crippen LogP) is 3.77. The number of carbonyl (C=O) groups excluding carboxylic acids is 1. The number of nitrogens with zero attached hydrogens (tertiary/aromatic N) is 2. The number of fused-ring (bicyclic) bond motifs is 1. The van der Waals surface area contributed by atoms with Crippen LogP contribution in [0.25, 0.3) is 10.9 Å². The molecule has 1 fully saturated rings. The molecule has 0 atom stereocenters. The van der Waals surface area contributed by atoms with Gasteiger partial charge < -0.3 is 9.26 Å². The molecule has 1 aromatic carbocycles. The molecule has 1 saturated carbocycles. The van der Waals surface area contributed by atoms with Gasteiger partial charge in [-0.1, -0.05) is 23.4 Å². The Kier molecular flexibility index (Phi) is 3.33. The number of para-hydroxylation sites is 1. The van der Waals surface area contributed by atoms with Crippen molar-refractivity contribution in [1.82, 2.24) is 10.1 Å². The van der Waals surface area contributed by atoms with Crippen LogP contribution in [0.3, 0.4) is 0 Å². The van der Waals surface area contributed by atoms with E-state index < -0.39 is 0 Å². The van der Waals surface area contributed by atoms with Crippen LogP contribution in [0.15, 0.2) is 40.9 Å². The molecule has 1 aliphatic carbocycles. The number of pyridine rings is 1. The van der Waals surface area contributed by atoms with E-state index in [-0.39, 0.29) is 12.6 Å². The van der Waals surface area contributed by atoms with Gasteiger partial charge in [-0.05, 0) is 31.9 Å². The molecule has 0 amide bonds. The van der Waals surface area contributed by atoms with Crippen LogP contribution in [-0.4, -0.2) is 16.1 Å². The summed E-state index contributed by atoms with van der Waals surface area (Å²) >= 11 is 0. The molecule has 0 saturated heterocycles. The minimum atomic E-state index is -0.355. The zero-order valence-corrected chi connectivity index (χ0v) is 12.8. The lowest BCUT2D eigenvalue weighted by Gasteiger charge is -2.09. The average molecular weight is 308 g/mol. The fraction of sp³-hybridized carbons (Fsp3) is 0.278. The maximum atomic E-state index is 12.5. The van der Waals surface area contributed by atoms with E-state index >= 15 is 0 Å². The van der Waals surface area contributed by atoms with Gasteiger partial charge in [0.25, 0.3) is 0 Å². The maximum absolute atomic E-state index is 12.5. The van der Waals surface area contributed by atoms with Crippen molar-refractivity contribution >= 4 is 16.9 Å². The average Bonchev–Trinajstić information content (AvgIpc) is 3.34. The molecule has 23 heavy (non-hydrogen) atoms. The first kappa shape index (κ1) is 13.9. The Morgan fingerprint density at radius 3 is 2.87 bits per heavy atom. The second-order valence-corrected chi connectivity index (χ2v) is 5.89. The number of rotatable bonds is 4. The van der Waals surface area contributed by atoms with Crippen molar-refractivity contribution in [1.29, 1.82) is 0 Å². The summed E-state index contributed by atoms with van der Waals surface area (Å²) in [5, 5.41) is 4.65. The molecule has 0 bridgehead atoms. The van der Waals surface area contributed by atoms with Crippen LogP contribution in [0.4, 0.5) is 0 Å². The Balaban J connectivity index is 1.64. The van der Waals surface area contributed by atoms with Gasteiger partial charge in [-0.3, -0.25) is 4.98 Å². The van der Waals surface area contributed by atoms with Gasteiger partial charge in [-0.15, -0.1) is 0 Å². The first-order valence-electron chi connectivity index (χ1n) is 7.70. The summed E-state index contributed by atoms with van der Waals surface area (Å²) in [6, 6.07) is 11.3. The minimum Gasteiger partial charge on any atom is -0.455 e. The summed E-state index contributed by atoms with van der Waals surface area (Å²) in [7, 11) is 0. The lowest BCUT2D eigenvalue weighted by atomic mass is 10.1. The maximum Gasteiger partial charge on any atom is 0.339 e. The lowest BCUT2D eigenvalue weighted by Crippen LogP contribution is -2.08. The van der Waals surface area contributed by atoms with E-state index in [4.69, 9.17) is 9.26 Å². The van der Waals surface area contributed by atoms with E-state index in [0.717, 1.165) is 29.4 Å². The monoisotopic (exact) mass is 308 g/mol. The highest BCUT2D eigenvalue weighted by Crippen LogP contribution is 2.40. The van der Waals surface area contributed by atoms with Crippen molar-refractivity contribution in [3.8, 4) is 0 Å². The van der Waals surface area contributed by atoms with Crippen molar-refractivity contribution in [3.63, 3.8) is 0 Å². The van der Waals surface area contributed by atoms with E-state index in [1.54, 1.807) is 13.0 Å². The van der Waals surface area contributed by atoms with Gasteiger partial charge in [0, 0.05) is 23.1 Å². The Morgan fingerprint density at radius 2 is 2.13 bits per heavy atom. The van der Waals surface area contributed by atoms with Crippen molar-refractivity contribution in [2.24, 2.45) is 0 Å². The highest BCUT2D eigenvalue weighted by Gasteiger charge is 2.27. The molecule has 0 aliphatic heterocycles. The Morgan fingerprint density at radius 1 is 1.30 bits per heavy atom. The Hall–Kier alpha value is -2.69. The largest absolute Gasteiger partial charge is 0.455 e. The van der Waals surface area contributed by atoms with Crippen LogP contribution in [-0.2, 0) is 11.3 Å². The van der Waals surface area contributed by atoms with Gasteiger partial charge in [0.1, 0.15) is 18.1 Å². The summed E-state index contributed by atoms with van der Waals surface area (Å²) in [5.41, 5.74) is 2.99. The quantitative estimate of drug-likeness (QED) is 0.686. The molecule has 0 unspecified atom stereocenters. The number of hydrogen-bond donors (Lipinski definition) is 0. The van der Waals surface area contributed by atoms with Crippen LogP contribution < -0.4 is 0 Å². The van der Waals surface area contributed by atoms with E-state index in [1.807, 2.05) is 30.3 Å². The second kappa shape index (κ2) is 5.50. The van der Waals surface area contributed by atoms with E-state index in [9.17, 15) is 4.79 Å². The van der Waals surface area contributed by atoms with E-state index in [0.29, 0.717) is 22.9 Å². The molecule has 2 heterocycles. The van der Waals surface area contributed by atoms with Crippen LogP contribution in [0.5, 0.6) is 0 Å². The molecule has 4 rings (SSSR count). The molecule has 3 aromatic rings. The molecular weight excluding hydrogens is 292 g/mol. The van der Waals surface area contributed by atoms with Gasteiger partial charge in [0.05, 0.1) is 11.1 Å². The highest BCUT2D eigenvalue weighted by atomic mass is 16.5. The smallest absolute Gasteiger partial charge is 0.339 e. The topological polar surface area (TPSA) is 65.2 Å². The first-order valence-corrected chi connectivity index (χ1v) is 7.70. The molecular formula is C18H16N2O3. The summed E-state index contributed by atoms with van der Waals surface area (Å²) in [5.74, 6) is 0.817. The predicted molar refractivity (Wildman–Crippen MR) is 84.1 cm³/mol. The van der Waals surface area contributed by atoms with Gasteiger partial charge in [-0.2, -0.15) is 0 Å². The summed E-state index contributed by atoms with van der Waals surface area (Å²) in [6.07, 6.45) is 2.27. The second-order valence-electron chi connectivity index (χ2n) is 5.89. The third kappa shape index (κ3) is 2.82. The Bertz CT molecular complexity index is 881. The number of benzene rings is 1. The number of esters is 1. The molecule has 0 radical (unpaired) electrons. The van der Waals surface area contributed by atoms with Gasteiger partial charge in [-0.25, -0.2) is 4.79 Å². The summed E-state index contributed by atoms with van der Waals surface area (Å²) < 4.78 is 10.4. The molecule has 1 aliphatic rings. The highest BCUT2D eigenvalue weighted by molar-refractivity contribution is 6.03. The third-order valence-corrected chi connectivity index (χ3v) is 3.98. The molecule has 0 spiro atoms.